The smallest absolute Gasteiger partial charge is 0.414 e. The Morgan fingerprint density at radius 3 is 2.55 bits per heavy atom. The quantitative estimate of drug-likeness (QED) is 0.627. The first kappa shape index (κ1) is 22.3. The van der Waals surface area contributed by atoms with E-state index in [1.165, 1.54) is 24.8 Å². The van der Waals surface area contributed by atoms with Crippen molar-refractivity contribution in [1.82, 2.24) is 15.5 Å². The molecule has 0 aliphatic carbocycles. The largest absolute Gasteiger partial charge is 0.442 e. The zero-order valence-corrected chi connectivity index (χ0v) is 17.5. The molecule has 2 aliphatic heterocycles. The van der Waals surface area contributed by atoms with Gasteiger partial charge in [0, 0.05) is 40.0 Å². The van der Waals surface area contributed by atoms with Crippen molar-refractivity contribution in [3.63, 3.8) is 0 Å². The number of cyclic esters (lactones) is 1. The summed E-state index contributed by atoms with van der Waals surface area (Å²) in [6, 6.07) is 4.39. The topological polar surface area (TPSA) is 111 Å². The third-order valence-electron chi connectivity index (χ3n) is 5.11. The van der Waals surface area contributed by atoms with Crippen LogP contribution in [0.3, 0.4) is 0 Å². The predicted octanol–water partition coefficient (Wildman–Crippen LogP) is 0.0717. The van der Waals surface area contributed by atoms with Crippen LogP contribution in [0.1, 0.15) is 13.8 Å². The summed E-state index contributed by atoms with van der Waals surface area (Å²) in [4.78, 5) is 51.1. The van der Waals surface area contributed by atoms with Gasteiger partial charge in [-0.1, -0.05) is 0 Å². The molecule has 0 spiro atoms. The van der Waals surface area contributed by atoms with E-state index in [0.717, 1.165) is 0 Å². The minimum absolute atomic E-state index is 0.0287. The average Bonchev–Trinajstić information content (AvgIpc) is 3.08. The van der Waals surface area contributed by atoms with Crippen LogP contribution in [0.2, 0.25) is 0 Å². The van der Waals surface area contributed by atoms with E-state index in [9.17, 15) is 23.6 Å². The van der Waals surface area contributed by atoms with Crippen molar-refractivity contribution in [2.75, 3.05) is 55.6 Å². The Hall–Kier alpha value is -3.37. The fourth-order valence-corrected chi connectivity index (χ4v) is 3.53. The van der Waals surface area contributed by atoms with Crippen LogP contribution < -0.4 is 20.4 Å². The van der Waals surface area contributed by atoms with Crippen LogP contribution in [0.4, 0.5) is 20.6 Å². The van der Waals surface area contributed by atoms with Gasteiger partial charge in [0.05, 0.1) is 31.0 Å². The predicted molar refractivity (Wildman–Crippen MR) is 110 cm³/mol. The number of hydrogen-bond acceptors (Lipinski definition) is 6. The van der Waals surface area contributed by atoms with Gasteiger partial charge < -0.3 is 25.2 Å². The van der Waals surface area contributed by atoms with E-state index < -0.39 is 18.0 Å². The van der Waals surface area contributed by atoms with Gasteiger partial charge >= 0.3 is 6.09 Å². The van der Waals surface area contributed by atoms with Crippen LogP contribution in [0.25, 0.3) is 0 Å². The molecule has 0 unspecified atom stereocenters. The fraction of sp³-hybridized carbons (Fsp3) is 0.500. The second-order valence-corrected chi connectivity index (χ2v) is 7.47. The van der Waals surface area contributed by atoms with Gasteiger partial charge in [0.25, 0.3) is 0 Å². The summed E-state index contributed by atoms with van der Waals surface area (Å²) in [6.07, 6.45) is -1.12. The van der Waals surface area contributed by atoms with Crippen LogP contribution >= 0.6 is 0 Å². The molecule has 11 heteroatoms. The molecule has 0 aromatic heterocycles. The molecule has 0 bridgehead atoms. The Bertz CT molecular complexity index is 880. The maximum atomic E-state index is 14.8. The Balaban J connectivity index is 1.60. The zero-order chi connectivity index (χ0) is 22.5. The van der Waals surface area contributed by atoms with E-state index in [1.807, 2.05) is 0 Å². The van der Waals surface area contributed by atoms with Crippen molar-refractivity contribution in [3.8, 4) is 0 Å². The number of anilines is 2. The molecule has 0 radical (unpaired) electrons. The maximum absolute atomic E-state index is 14.8. The van der Waals surface area contributed by atoms with Crippen LogP contribution in [0, 0.1) is 5.82 Å². The van der Waals surface area contributed by atoms with Crippen LogP contribution in [-0.2, 0) is 19.1 Å². The Morgan fingerprint density at radius 1 is 1.16 bits per heavy atom. The normalized spacial score (nSPS) is 18.8. The van der Waals surface area contributed by atoms with Gasteiger partial charge in [-0.25, -0.2) is 9.18 Å². The lowest BCUT2D eigenvalue weighted by atomic mass is 10.2. The van der Waals surface area contributed by atoms with Gasteiger partial charge in [-0.3, -0.25) is 19.3 Å². The fourth-order valence-electron chi connectivity index (χ4n) is 3.53. The highest BCUT2D eigenvalue weighted by molar-refractivity contribution is 5.90. The highest BCUT2D eigenvalue weighted by Crippen LogP contribution is 2.28. The van der Waals surface area contributed by atoms with Gasteiger partial charge in [-0.05, 0) is 18.2 Å². The average molecular weight is 435 g/mol. The van der Waals surface area contributed by atoms with E-state index >= 15 is 0 Å². The first-order valence-electron chi connectivity index (χ1n) is 10.0. The standard InChI is InChI=1S/C20H26FN5O5/c1-13(27)22-5-6-24-7-8-25(12-19(24)29)18-4-3-15(9-17(18)21)26-11-16(31-20(26)30)10-23-14(2)28/h3-4,9,16H,5-8,10-12H2,1-2H3,(H,22,27)(H,23,28)/t16-/m0/s1. The number of halogens is 1. The lowest BCUT2D eigenvalue weighted by molar-refractivity contribution is -0.131. The highest BCUT2D eigenvalue weighted by Gasteiger charge is 2.33. The summed E-state index contributed by atoms with van der Waals surface area (Å²) in [5.74, 6) is -1.08. The number of benzene rings is 1. The number of carbonyl (C=O) groups excluding carboxylic acids is 4. The Kier molecular flexibility index (Phi) is 6.93. The van der Waals surface area contributed by atoms with Crippen LogP contribution in [0.5, 0.6) is 0 Å². The molecule has 4 amide bonds. The molecule has 3 rings (SSSR count). The Morgan fingerprint density at radius 2 is 1.90 bits per heavy atom. The SMILES string of the molecule is CC(=O)NCCN1CCN(c2ccc(N3C[C@H](CNC(C)=O)OC3=O)cc2F)CC1=O. The molecule has 10 nitrogen and oxygen atoms in total. The van der Waals surface area contributed by atoms with E-state index in [1.54, 1.807) is 21.9 Å². The van der Waals surface area contributed by atoms with Crippen molar-refractivity contribution in [3.05, 3.63) is 24.0 Å². The molecule has 2 fully saturated rings. The van der Waals surface area contributed by atoms with Gasteiger partial charge in [0.1, 0.15) is 11.9 Å². The molecular formula is C20H26FN5O5. The number of piperazine rings is 1. The van der Waals surface area contributed by atoms with Gasteiger partial charge in [-0.2, -0.15) is 0 Å². The molecule has 2 saturated heterocycles. The number of ether oxygens (including phenoxy) is 1. The summed E-state index contributed by atoms with van der Waals surface area (Å²) >= 11 is 0. The zero-order valence-electron chi connectivity index (χ0n) is 17.5. The van der Waals surface area contributed by atoms with Crippen molar-refractivity contribution in [2.24, 2.45) is 0 Å². The molecule has 2 heterocycles. The number of rotatable bonds is 7. The molecule has 168 valence electrons. The molecule has 1 atom stereocenters. The molecule has 0 saturated carbocycles. The van der Waals surface area contributed by atoms with Crippen LogP contribution in [-0.4, -0.2) is 80.6 Å². The number of nitrogens with zero attached hydrogens (tertiary/aromatic N) is 3. The van der Waals surface area contributed by atoms with Crippen molar-refractivity contribution in [2.45, 2.75) is 20.0 Å². The van der Waals surface area contributed by atoms with Crippen molar-refractivity contribution >= 4 is 35.2 Å². The van der Waals surface area contributed by atoms with E-state index in [0.29, 0.717) is 31.9 Å². The first-order valence-corrected chi connectivity index (χ1v) is 10.0. The van der Waals surface area contributed by atoms with Gasteiger partial charge in [0.2, 0.25) is 17.7 Å². The molecule has 1 aromatic rings. The van der Waals surface area contributed by atoms with Crippen LogP contribution in [0.15, 0.2) is 18.2 Å². The lowest BCUT2D eigenvalue weighted by Gasteiger charge is -2.36. The number of nitrogens with one attached hydrogen (secondary N) is 2. The third kappa shape index (κ3) is 5.62. The first-order chi connectivity index (χ1) is 14.7. The summed E-state index contributed by atoms with van der Waals surface area (Å²) in [5.41, 5.74) is 0.623. The monoisotopic (exact) mass is 435 g/mol. The van der Waals surface area contributed by atoms with Crippen molar-refractivity contribution < 1.29 is 28.3 Å². The van der Waals surface area contributed by atoms with E-state index in [-0.39, 0.29) is 43.0 Å². The number of hydrogen-bond donors (Lipinski definition) is 2. The molecule has 2 N–H and O–H groups in total. The third-order valence-corrected chi connectivity index (χ3v) is 5.11. The molecule has 31 heavy (non-hydrogen) atoms. The Labute approximate surface area is 179 Å². The van der Waals surface area contributed by atoms with E-state index in [4.69, 9.17) is 4.74 Å². The molecule has 1 aromatic carbocycles. The summed E-state index contributed by atoms with van der Waals surface area (Å²) in [5, 5.41) is 5.24. The van der Waals surface area contributed by atoms with Crippen molar-refractivity contribution in [1.29, 1.82) is 0 Å². The van der Waals surface area contributed by atoms with Gasteiger partial charge in [0.15, 0.2) is 0 Å². The maximum Gasteiger partial charge on any atom is 0.414 e. The lowest BCUT2D eigenvalue weighted by Crippen LogP contribution is -2.52. The second-order valence-electron chi connectivity index (χ2n) is 7.47. The molecule has 2 aliphatic rings. The minimum atomic E-state index is -0.606. The summed E-state index contributed by atoms with van der Waals surface area (Å²) in [7, 11) is 0. The van der Waals surface area contributed by atoms with E-state index in [2.05, 4.69) is 10.6 Å². The number of carbonyl (C=O) groups is 4. The second kappa shape index (κ2) is 9.63. The van der Waals surface area contributed by atoms with Gasteiger partial charge in [-0.15, -0.1) is 0 Å². The minimum Gasteiger partial charge on any atom is -0.442 e. The molecular weight excluding hydrogens is 409 g/mol. The number of amides is 4. The highest BCUT2D eigenvalue weighted by atomic mass is 19.1. The summed E-state index contributed by atoms with van der Waals surface area (Å²) < 4.78 is 20.0. The summed E-state index contributed by atoms with van der Waals surface area (Å²) in [6.45, 7) is 4.85.